The van der Waals surface area contributed by atoms with Crippen molar-refractivity contribution in [3.8, 4) is 0 Å². The summed E-state index contributed by atoms with van der Waals surface area (Å²) in [4.78, 5) is 21.3. The fourth-order valence-corrected chi connectivity index (χ4v) is 0.638. The Bertz CT molecular complexity index is 187. The average molecular weight is 172 g/mol. The minimum atomic E-state index is -0.727. The minimum Gasteiger partial charge on any atom is -0.368 e. The van der Waals surface area contributed by atoms with Gasteiger partial charge in [-0.05, 0) is 20.8 Å². The molecule has 3 N–H and O–H groups in total. The lowest BCUT2D eigenvalue weighted by molar-refractivity contribution is -0.123. The highest BCUT2D eigenvalue weighted by Gasteiger charge is 2.23. The first-order valence-electron chi connectivity index (χ1n) is 3.90. The van der Waals surface area contributed by atoms with E-state index in [4.69, 9.17) is 5.73 Å². The molecule has 12 heavy (non-hydrogen) atoms. The van der Waals surface area contributed by atoms with Gasteiger partial charge < -0.3 is 11.1 Å². The van der Waals surface area contributed by atoms with Crippen molar-refractivity contribution in [3.05, 3.63) is 0 Å². The van der Waals surface area contributed by atoms with E-state index in [1.165, 1.54) is 6.92 Å². The van der Waals surface area contributed by atoms with Gasteiger partial charge in [0, 0.05) is 13.0 Å². The highest BCUT2D eigenvalue weighted by molar-refractivity contribution is 5.83. The Balaban J connectivity index is 3.76. The summed E-state index contributed by atoms with van der Waals surface area (Å²) in [5, 5.41) is 2.89. The maximum absolute atomic E-state index is 10.8. The molecule has 0 spiro atoms. The third-order valence-electron chi connectivity index (χ3n) is 1.66. The molecule has 0 aromatic rings. The van der Waals surface area contributed by atoms with Crippen molar-refractivity contribution in [2.75, 3.05) is 6.54 Å². The highest BCUT2D eigenvalue weighted by Crippen LogP contribution is 1.99. The lowest BCUT2D eigenvalue weighted by Crippen LogP contribution is -2.51. The largest absolute Gasteiger partial charge is 0.368 e. The fourth-order valence-electron chi connectivity index (χ4n) is 0.638. The first-order chi connectivity index (χ1) is 5.36. The monoisotopic (exact) mass is 172 g/mol. The van der Waals surface area contributed by atoms with Crippen LogP contribution in [0.4, 0.5) is 0 Å². The van der Waals surface area contributed by atoms with Crippen molar-refractivity contribution in [1.29, 1.82) is 0 Å². The van der Waals surface area contributed by atoms with Crippen LogP contribution in [0.25, 0.3) is 0 Å². The molecule has 0 unspecified atom stereocenters. The zero-order chi connectivity index (χ0) is 9.78. The summed E-state index contributed by atoms with van der Waals surface area (Å²) in [5.41, 5.74) is 4.37. The number of hydrogen-bond acceptors (Lipinski definition) is 3. The number of Topliss-reactive ketones (excluding diaryl/α,β-unsaturated/α-hetero) is 1. The molecule has 0 radical (unpaired) electrons. The van der Waals surface area contributed by atoms with E-state index in [0.717, 1.165) is 0 Å². The molecule has 0 aromatic carbocycles. The third kappa shape index (κ3) is 4.08. The Kier molecular flexibility index (Phi) is 3.89. The van der Waals surface area contributed by atoms with Gasteiger partial charge in [-0.25, -0.2) is 0 Å². The van der Waals surface area contributed by atoms with Crippen molar-refractivity contribution in [1.82, 2.24) is 5.32 Å². The lowest BCUT2D eigenvalue weighted by Gasteiger charge is -2.21. The van der Waals surface area contributed by atoms with Crippen molar-refractivity contribution >= 4 is 11.7 Å². The first kappa shape index (κ1) is 11.1. The van der Waals surface area contributed by atoms with Crippen LogP contribution in [-0.2, 0) is 9.59 Å². The summed E-state index contributed by atoms with van der Waals surface area (Å²) in [5.74, 6) is -0.311. The van der Waals surface area contributed by atoms with E-state index >= 15 is 0 Å². The maximum atomic E-state index is 10.8. The van der Waals surface area contributed by atoms with Crippen LogP contribution in [0.1, 0.15) is 27.2 Å². The molecule has 0 saturated carbocycles. The summed E-state index contributed by atoms with van der Waals surface area (Å²) in [6.07, 6.45) is 0.427. The number of ketones is 1. The number of carbonyl (C=O) groups excluding carboxylic acids is 2. The van der Waals surface area contributed by atoms with E-state index in [9.17, 15) is 9.59 Å². The molecule has 0 heterocycles. The Morgan fingerprint density at radius 3 is 2.25 bits per heavy atom. The topological polar surface area (TPSA) is 72.2 Å². The second-order valence-corrected chi connectivity index (χ2v) is 3.37. The highest BCUT2D eigenvalue weighted by atomic mass is 16.1. The van der Waals surface area contributed by atoms with E-state index in [-0.39, 0.29) is 5.78 Å². The first-order valence-corrected chi connectivity index (χ1v) is 3.90. The zero-order valence-corrected chi connectivity index (χ0v) is 7.81. The molecule has 0 aliphatic carbocycles. The molecule has 0 rings (SSSR count). The van der Waals surface area contributed by atoms with Gasteiger partial charge in [0.15, 0.2) is 0 Å². The Morgan fingerprint density at radius 2 is 1.92 bits per heavy atom. The number of primary amides is 1. The smallest absolute Gasteiger partial charge is 0.237 e. The summed E-state index contributed by atoms with van der Waals surface area (Å²) in [7, 11) is 0. The van der Waals surface area contributed by atoms with Gasteiger partial charge in [-0.2, -0.15) is 0 Å². The van der Waals surface area contributed by atoms with Gasteiger partial charge in [0.2, 0.25) is 5.91 Å². The van der Waals surface area contributed by atoms with Crippen molar-refractivity contribution in [2.24, 2.45) is 5.73 Å². The molecule has 0 atom stereocenters. The molecular weight excluding hydrogens is 156 g/mol. The molecule has 0 bridgehead atoms. The number of hydrogen-bond donors (Lipinski definition) is 2. The SMILES string of the molecule is CC(=O)CCNC(C)(C)C(N)=O. The molecule has 0 fully saturated rings. The summed E-state index contributed by atoms with van der Waals surface area (Å²) < 4.78 is 0. The summed E-state index contributed by atoms with van der Waals surface area (Å²) >= 11 is 0. The average Bonchev–Trinajstić information content (AvgIpc) is 1.85. The van der Waals surface area contributed by atoms with Gasteiger partial charge in [-0.15, -0.1) is 0 Å². The Morgan fingerprint density at radius 1 is 1.42 bits per heavy atom. The number of nitrogens with one attached hydrogen (secondary N) is 1. The predicted molar refractivity (Wildman–Crippen MR) is 46.6 cm³/mol. The van der Waals surface area contributed by atoms with Gasteiger partial charge >= 0.3 is 0 Å². The number of nitrogens with two attached hydrogens (primary N) is 1. The Labute approximate surface area is 72.5 Å². The molecule has 4 nitrogen and oxygen atoms in total. The molecule has 4 heteroatoms. The van der Waals surface area contributed by atoms with E-state index in [0.29, 0.717) is 13.0 Å². The van der Waals surface area contributed by atoms with Crippen molar-refractivity contribution < 1.29 is 9.59 Å². The van der Waals surface area contributed by atoms with Crippen LogP contribution >= 0.6 is 0 Å². The number of rotatable bonds is 5. The number of carbonyl (C=O) groups is 2. The van der Waals surface area contributed by atoms with E-state index in [1.54, 1.807) is 13.8 Å². The molecule has 0 aliphatic heterocycles. The van der Waals surface area contributed by atoms with Crippen LogP contribution in [0.5, 0.6) is 0 Å². The van der Waals surface area contributed by atoms with E-state index in [2.05, 4.69) is 5.32 Å². The van der Waals surface area contributed by atoms with Crippen LogP contribution in [-0.4, -0.2) is 23.8 Å². The lowest BCUT2D eigenvalue weighted by atomic mass is 10.1. The maximum Gasteiger partial charge on any atom is 0.237 e. The van der Waals surface area contributed by atoms with Gasteiger partial charge in [0.25, 0.3) is 0 Å². The van der Waals surface area contributed by atoms with Crippen LogP contribution in [0.15, 0.2) is 0 Å². The van der Waals surface area contributed by atoms with Crippen LogP contribution in [0, 0.1) is 0 Å². The third-order valence-corrected chi connectivity index (χ3v) is 1.66. The van der Waals surface area contributed by atoms with Crippen LogP contribution in [0.3, 0.4) is 0 Å². The molecule has 0 aliphatic rings. The van der Waals surface area contributed by atoms with E-state index < -0.39 is 11.4 Å². The summed E-state index contributed by atoms with van der Waals surface area (Å²) in [6.45, 7) is 5.38. The number of amides is 1. The van der Waals surface area contributed by atoms with Crippen molar-refractivity contribution in [3.63, 3.8) is 0 Å². The Hall–Kier alpha value is -0.900. The second-order valence-electron chi connectivity index (χ2n) is 3.37. The molecule has 0 aromatic heterocycles. The quantitative estimate of drug-likeness (QED) is 0.604. The summed E-state index contributed by atoms with van der Waals surface area (Å²) in [6, 6.07) is 0. The van der Waals surface area contributed by atoms with Crippen LogP contribution < -0.4 is 11.1 Å². The normalized spacial score (nSPS) is 11.2. The van der Waals surface area contributed by atoms with Gasteiger partial charge in [-0.3, -0.25) is 9.59 Å². The van der Waals surface area contributed by atoms with E-state index in [1.807, 2.05) is 0 Å². The zero-order valence-electron chi connectivity index (χ0n) is 7.81. The minimum absolute atomic E-state index is 0.0998. The predicted octanol–water partition coefficient (Wildman–Crippen LogP) is -0.181. The van der Waals surface area contributed by atoms with Crippen molar-refractivity contribution in [2.45, 2.75) is 32.7 Å². The standard InChI is InChI=1S/C8H16N2O2/c1-6(11)4-5-10-8(2,3)7(9)12/h10H,4-5H2,1-3H3,(H2,9,12). The molecule has 70 valence electrons. The molecular formula is C8H16N2O2. The fraction of sp³-hybridized carbons (Fsp3) is 0.750. The van der Waals surface area contributed by atoms with Gasteiger partial charge in [-0.1, -0.05) is 0 Å². The van der Waals surface area contributed by atoms with Crippen LogP contribution in [0.2, 0.25) is 0 Å². The second kappa shape index (κ2) is 4.21. The molecule has 0 saturated heterocycles. The van der Waals surface area contributed by atoms with Gasteiger partial charge in [0.1, 0.15) is 5.78 Å². The molecule has 1 amide bonds. The van der Waals surface area contributed by atoms with Gasteiger partial charge in [0.05, 0.1) is 5.54 Å².